The fourth-order valence-corrected chi connectivity index (χ4v) is 7.93. The lowest BCUT2D eigenvalue weighted by Gasteiger charge is -2.18. The minimum atomic E-state index is 1.01. The first kappa shape index (κ1) is 33.2. The molecule has 8 aromatic rings. The van der Waals surface area contributed by atoms with Crippen molar-refractivity contribution in [2.75, 3.05) is 0 Å². The minimum absolute atomic E-state index is 1.01. The van der Waals surface area contributed by atoms with Crippen LogP contribution in [0.5, 0.6) is 0 Å². The summed E-state index contributed by atoms with van der Waals surface area (Å²) in [5.74, 6) is 0. The van der Waals surface area contributed by atoms with Crippen LogP contribution in [0.4, 0.5) is 0 Å². The van der Waals surface area contributed by atoms with Crippen molar-refractivity contribution in [3.8, 4) is 44.5 Å². The molecule has 0 spiro atoms. The molecule has 0 fully saturated rings. The van der Waals surface area contributed by atoms with E-state index in [9.17, 15) is 0 Å². The summed E-state index contributed by atoms with van der Waals surface area (Å²) >= 11 is 0. The highest BCUT2D eigenvalue weighted by molar-refractivity contribution is 6.13. The van der Waals surface area contributed by atoms with E-state index in [0.717, 1.165) is 12.8 Å². The van der Waals surface area contributed by atoms with Gasteiger partial charge in [-0.2, -0.15) is 0 Å². The molecule has 0 saturated heterocycles. The van der Waals surface area contributed by atoms with Crippen molar-refractivity contribution < 1.29 is 0 Å². The summed E-state index contributed by atoms with van der Waals surface area (Å²) in [6, 6.07) is 54.0. The van der Waals surface area contributed by atoms with Gasteiger partial charge in [-0.15, -0.1) is 0 Å². The average Bonchev–Trinajstić information content (AvgIpc) is 3.20. The van der Waals surface area contributed by atoms with E-state index in [1.165, 1.54) is 99.1 Å². The smallest absolute Gasteiger partial charge is 0.00990 e. The third-order valence-corrected chi connectivity index (χ3v) is 10.7. The first-order valence-electron chi connectivity index (χ1n) is 18.7. The number of hydrogen-bond donors (Lipinski definition) is 0. The highest BCUT2D eigenvalue weighted by atomic mass is 14.2. The Bertz CT molecular complexity index is 2630. The molecule has 0 aromatic heterocycles. The second-order valence-electron chi connectivity index (χ2n) is 13.8. The molecule has 0 atom stereocenters. The minimum Gasteiger partial charge on any atom is -0.0870 e. The summed E-state index contributed by atoms with van der Waals surface area (Å²) in [6.07, 6.45) is 11.0. The first-order valence-corrected chi connectivity index (χ1v) is 18.7. The van der Waals surface area contributed by atoms with Gasteiger partial charge < -0.3 is 0 Å². The van der Waals surface area contributed by atoms with Gasteiger partial charge in [0.1, 0.15) is 0 Å². The number of hydrogen-bond acceptors (Lipinski definition) is 0. The SMILES string of the molecule is C/C=C\c1c(-c2ccc(-c3ccc4cc(-c5ccc(-c6cc7ccccc7c7ccccc67)cc5)ccc4c3)cc2)cc(/C=C\CC)c(C)c1CC. The maximum atomic E-state index is 2.37. The summed E-state index contributed by atoms with van der Waals surface area (Å²) in [7, 11) is 0. The maximum absolute atomic E-state index is 2.37. The van der Waals surface area contributed by atoms with Gasteiger partial charge in [0.05, 0.1) is 0 Å². The third-order valence-electron chi connectivity index (χ3n) is 10.7. The largest absolute Gasteiger partial charge is 0.0870 e. The molecule has 252 valence electrons. The van der Waals surface area contributed by atoms with Gasteiger partial charge in [-0.3, -0.25) is 0 Å². The van der Waals surface area contributed by atoms with Gasteiger partial charge in [0.2, 0.25) is 0 Å². The van der Waals surface area contributed by atoms with Gasteiger partial charge >= 0.3 is 0 Å². The van der Waals surface area contributed by atoms with E-state index in [-0.39, 0.29) is 0 Å². The van der Waals surface area contributed by atoms with E-state index in [2.05, 4.69) is 198 Å². The Morgan fingerprint density at radius 2 is 1.00 bits per heavy atom. The van der Waals surface area contributed by atoms with E-state index in [4.69, 9.17) is 0 Å². The average molecular weight is 669 g/mol. The molecule has 0 aliphatic rings. The van der Waals surface area contributed by atoms with E-state index in [1.807, 2.05) is 0 Å². The molecule has 0 amide bonds. The van der Waals surface area contributed by atoms with Crippen LogP contribution < -0.4 is 0 Å². The number of benzene rings is 8. The molecule has 8 rings (SSSR count). The van der Waals surface area contributed by atoms with Crippen molar-refractivity contribution in [3.05, 3.63) is 180 Å². The first-order chi connectivity index (χ1) is 25.6. The van der Waals surface area contributed by atoms with Gasteiger partial charge in [0, 0.05) is 0 Å². The van der Waals surface area contributed by atoms with Crippen LogP contribution in [-0.2, 0) is 6.42 Å². The summed E-state index contributed by atoms with van der Waals surface area (Å²) in [6.45, 7) is 8.84. The monoisotopic (exact) mass is 668 g/mol. The van der Waals surface area contributed by atoms with Crippen LogP contribution in [-0.4, -0.2) is 0 Å². The molecule has 0 aliphatic heterocycles. The number of allylic oxidation sites excluding steroid dienone is 2. The number of rotatable bonds is 8. The van der Waals surface area contributed by atoms with Crippen molar-refractivity contribution in [2.45, 2.75) is 40.5 Å². The molecule has 8 aromatic carbocycles. The van der Waals surface area contributed by atoms with Crippen LogP contribution in [0.2, 0.25) is 0 Å². The Hall–Kier alpha value is -5.98. The fourth-order valence-electron chi connectivity index (χ4n) is 7.93. The topological polar surface area (TPSA) is 0 Å². The molecule has 0 unspecified atom stereocenters. The molecular weight excluding hydrogens is 625 g/mol. The lowest BCUT2D eigenvalue weighted by molar-refractivity contribution is 1.10. The second-order valence-corrected chi connectivity index (χ2v) is 13.8. The van der Waals surface area contributed by atoms with Crippen molar-refractivity contribution in [3.63, 3.8) is 0 Å². The molecule has 0 radical (unpaired) electrons. The van der Waals surface area contributed by atoms with Gasteiger partial charge in [-0.05, 0) is 150 Å². The van der Waals surface area contributed by atoms with Crippen molar-refractivity contribution in [2.24, 2.45) is 0 Å². The van der Waals surface area contributed by atoms with Crippen LogP contribution in [0.25, 0.3) is 89.0 Å². The molecule has 0 aliphatic carbocycles. The number of fused-ring (bicyclic) bond motifs is 4. The summed E-state index contributed by atoms with van der Waals surface area (Å²) < 4.78 is 0. The zero-order valence-corrected chi connectivity index (χ0v) is 30.6. The standard InChI is InChI=1S/C52H44/c1-5-8-14-40-33-51(48(13-6-2)46(7-3)35(40)4)38-23-19-36(20-24-38)41-27-29-44-32-42(28-30-43(44)31-41)37-21-25-39(26-22-37)52-34-45-15-9-10-16-47(45)49-17-11-12-18-50(49)52/h6,8-34H,5,7H2,1-4H3/b13-6-,14-8-. The van der Waals surface area contributed by atoms with Crippen LogP contribution >= 0.6 is 0 Å². The highest BCUT2D eigenvalue weighted by Crippen LogP contribution is 2.38. The van der Waals surface area contributed by atoms with E-state index in [1.54, 1.807) is 0 Å². The quantitative estimate of drug-likeness (QED) is 0.141. The zero-order chi connectivity index (χ0) is 35.6. The molecule has 0 N–H and O–H groups in total. The molecule has 52 heavy (non-hydrogen) atoms. The van der Waals surface area contributed by atoms with Crippen molar-refractivity contribution in [1.82, 2.24) is 0 Å². The predicted molar refractivity (Wildman–Crippen MR) is 229 cm³/mol. The van der Waals surface area contributed by atoms with Gasteiger partial charge in [-0.1, -0.05) is 159 Å². The Kier molecular flexibility index (Phi) is 9.14. The van der Waals surface area contributed by atoms with Crippen LogP contribution in [0, 0.1) is 6.92 Å². The Morgan fingerprint density at radius 1 is 0.462 bits per heavy atom. The van der Waals surface area contributed by atoms with Gasteiger partial charge in [0.15, 0.2) is 0 Å². The molecule has 0 saturated carbocycles. The normalized spacial score (nSPS) is 11.8. The molecular formula is C52H44. The maximum Gasteiger partial charge on any atom is -0.00990 e. The molecule has 0 heterocycles. The lowest BCUT2D eigenvalue weighted by atomic mass is 9.87. The van der Waals surface area contributed by atoms with E-state index >= 15 is 0 Å². The third kappa shape index (κ3) is 6.16. The Morgan fingerprint density at radius 3 is 1.60 bits per heavy atom. The lowest BCUT2D eigenvalue weighted by Crippen LogP contribution is -1.98. The molecule has 0 nitrogen and oxygen atoms in total. The van der Waals surface area contributed by atoms with Gasteiger partial charge in [-0.25, -0.2) is 0 Å². The Balaban J connectivity index is 1.08. The molecule has 0 heteroatoms. The van der Waals surface area contributed by atoms with Crippen molar-refractivity contribution >= 4 is 44.5 Å². The summed E-state index contributed by atoms with van der Waals surface area (Å²) in [5.41, 5.74) is 15.4. The van der Waals surface area contributed by atoms with Crippen molar-refractivity contribution in [1.29, 1.82) is 0 Å². The molecule has 0 bridgehead atoms. The second kappa shape index (κ2) is 14.3. The summed E-state index contributed by atoms with van der Waals surface area (Å²) in [4.78, 5) is 0. The predicted octanol–water partition coefficient (Wildman–Crippen LogP) is 15.1. The zero-order valence-electron chi connectivity index (χ0n) is 30.6. The Labute approximate surface area is 308 Å². The van der Waals surface area contributed by atoms with E-state index in [0.29, 0.717) is 0 Å². The van der Waals surface area contributed by atoms with E-state index < -0.39 is 0 Å². The fraction of sp³-hybridized carbons (Fsp3) is 0.115. The van der Waals surface area contributed by atoms with Crippen LogP contribution in [0.15, 0.2) is 158 Å². The summed E-state index contributed by atoms with van der Waals surface area (Å²) in [5, 5.41) is 7.66. The van der Waals surface area contributed by atoms with Crippen LogP contribution in [0.3, 0.4) is 0 Å². The van der Waals surface area contributed by atoms with Crippen LogP contribution in [0.1, 0.15) is 49.4 Å². The van der Waals surface area contributed by atoms with Gasteiger partial charge in [0.25, 0.3) is 0 Å². The highest BCUT2D eigenvalue weighted by Gasteiger charge is 2.14.